The van der Waals surface area contributed by atoms with Gasteiger partial charge in [-0.1, -0.05) is 0 Å². The number of anilines is 1. The molecule has 0 saturated carbocycles. The Bertz CT molecular complexity index is 366. The van der Waals surface area contributed by atoms with Crippen LogP contribution in [-0.2, 0) is 0 Å². The van der Waals surface area contributed by atoms with Crippen molar-refractivity contribution in [2.24, 2.45) is 9.03 Å². The maximum Gasteiger partial charge on any atom is 0.311 e. The van der Waals surface area contributed by atoms with E-state index < -0.39 is 8.45 Å². The lowest BCUT2D eigenvalue weighted by Crippen LogP contribution is -1.96. The Hall–Kier alpha value is -0.590. The van der Waals surface area contributed by atoms with Gasteiger partial charge in [0.25, 0.3) is 0 Å². The molecule has 1 heterocycles. The highest BCUT2D eigenvalue weighted by molar-refractivity contribution is 7.64. The molecule has 8 heteroatoms. The molecule has 1 aliphatic heterocycles. The molecular weight excluding hydrogens is 237 g/mol. The summed E-state index contributed by atoms with van der Waals surface area (Å²) in [6.45, 7) is 0. The van der Waals surface area contributed by atoms with E-state index in [1.165, 1.54) is 0 Å². The SMILES string of the molecule is Nc1ccc(OP2N=PN=PN2)cc1. The second-order valence-electron chi connectivity index (χ2n) is 2.40. The number of nitrogens with zero attached hydrogens (tertiary/aromatic N) is 2. The molecule has 0 amide bonds. The van der Waals surface area contributed by atoms with Crippen molar-refractivity contribution < 1.29 is 4.52 Å². The normalized spacial score (nSPS) is 21.9. The maximum absolute atomic E-state index is 5.57. The van der Waals surface area contributed by atoms with E-state index in [1.807, 2.05) is 12.1 Å². The van der Waals surface area contributed by atoms with E-state index in [0.29, 0.717) is 0 Å². The largest absolute Gasteiger partial charge is 0.439 e. The third kappa shape index (κ3) is 2.70. The number of nitrogens with one attached hydrogen (secondary N) is 1. The van der Waals surface area contributed by atoms with Crippen LogP contribution >= 0.6 is 25.5 Å². The molecule has 0 aromatic heterocycles. The molecule has 0 spiro atoms. The van der Waals surface area contributed by atoms with Gasteiger partial charge in [0.05, 0.1) is 0 Å². The zero-order valence-corrected chi connectivity index (χ0v) is 9.71. The van der Waals surface area contributed by atoms with Crippen molar-refractivity contribution in [3.05, 3.63) is 24.3 Å². The van der Waals surface area contributed by atoms with Crippen LogP contribution in [0.25, 0.3) is 0 Å². The van der Waals surface area contributed by atoms with Crippen LogP contribution in [0.4, 0.5) is 5.69 Å². The minimum absolute atomic E-state index is 0.727. The highest BCUT2D eigenvalue weighted by Crippen LogP contribution is 2.44. The Balaban J connectivity index is 2.00. The van der Waals surface area contributed by atoms with Crippen LogP contribution in [0.5, 0.6) is 5.75 Å². The first-order chi connectivity index (χ1) is 6.84. The molecule has 1 aliphatic rings. The lowest BCUT2D eigenvalue weighted by Gasteiger charge is -2.12. The van der Waals surface area contributed by atoms with Gasteiger partial charge in [-0.3, -0.25) is 0 Å². The monoisotopic (exact) mass is 244 g/mol. The van der Waals surface area contributed by atoms with Gasteiger partial charge in [-0.05, 0) is 24.3 Å². The van der Waals surface area contributed by atoms with Gasteiger partial charge in [0.2, 0.25) is 0 Å². The van der Waals surface area contributed by atoms with Gasteiger partial charge in [0.15, 0.2) is 8.52 Å². The van der Waals surface area contributed by atoms with Gasteiger partial charge in [0, 0.05) is 5.69 Å². The van der Waals surface area contributed by atoms with E-state index in [1.54, 1.807) is 12.1 Å². The summed E-state index contributed by atoms with van der Waals surface area (Å²) in [6, 6.07) is 7.26. The van der Waals surface area contributed by atoms with Gasteiger partial charge >= 0.3 is 8.45 Å². The van der Waals surface area contributed by atoms with E-state index in [4.69, 9.17) is 10.3 Å². The molecule has 1 aromatic rings. The van der Waals surface area contributed by atoms with Gasteiger partial charge in [0.1, 0.15) is 14.3 Å². The van der Waals surface area contributed by atoms with Crippen molar-refractivity contribution >= 4 is 31.2 Å². The fourth-order valence-corrected chi connectivity index (χ4v) is 3.71. The van der Waals surface area contributed by atoms with Gasteiger partial charge < -0.3 is 10.3 Å². The first-order valence-electron chi connectivity index (χ1n) is 3.74. The van der Waals surface area contributed by atoms with Gasteiger partial charge in [-0.25, -0.2) is 0 Å². The molecule has 1 unspecified atom stereocenters. The topological polar surface area (TPSA) is 72.0 Å². The van der Waals surface area contributed by atoms with Crippen molar-refractivity contribution in [2.75, 3.05) is 5.73 Å². The average molecular weight is 244 g/mol. The fraction of sp³-hybridized carbons (Fsp3) is 0. The van der Waals surface area contributed by atoms with Crippen molar-refractivity contribution in [3.8, 4) is 5.75 Å². The number of benzene rings is 1. The summed E-state index contributed by atoms with van der Waals surface area (Å²) in [5, 5.41) is 0. The first-order valence-corrected chi connectivity index (χ1v) is 6.60. The van der Waals surface area contributed by atoms with Crippen molar-refractivity contribution in [3.63, 3.8) is 0 Å². The third-order valence-corrected chi connectivity index (χ3v) is 4.48. The minimum atomic E-state index is -0.942. The van der Waals surface area contributed by atoms with Crippen LogP contribution in [0.15, 0.2) is 33.3 Å². The predicted octanol–water partition coefficient (Wildman–Crippen LogP) is 3.57. The number of hydrogen-bond donors (Lipinski definition) is 2. The van der Waals surface area contributed by atoms with Crippen LogP contribution < -0.4 is 15.1 Å². The Labute approximate surface area is 85.9 Å². The van der Waals surface area contributed by atoms with Crippen LogP contribution in [0.3, 0.4) is 0 Å². The van der Waals surface area contributed by atoms with Crippen LogP contribution in [0, 0.1) is 0 Å². The van der Waals surface area contributed by atoms with Crippen LogP contribution in [0.1, 0.15) is 0 Å². The molecule has 2 rings (SSSR count). The zero-order valence-electron chi connectivity index (χ0n) is 7.03. The fourth-order valence-electron chi connectivity index (χ4n) is 0.820. The highest BCUT2D eigenvalue weighted by Gasteiger charge is 2.10. The predicted molar refractivity (Wildman–Crippen MR) is 60.2 cm³/mol. The molecule has 3 N–H and O–H groups in total. The maximum atomic E-state index is 5.57. The third-order valence-electron chi connectivity index (χ3n) is 1.41. The molecule has 1 atom stereocenters. The molecule has 72 valence electrons. The number of rotatable bonds is 2. The summed E-state index contributed by atoms with van der Waals surface area (Å²) in [5.74, 6) is 0.772. The lowest BCUT2D eigenvalue weighted by molar-refractivity contribution is 0.612. The molecule has 0 saturated heterocycles. The Morgan fingerprint density at radius 1 is 1.36 bits per heavy atom. The van der Waals surface area contributed by atoms with Crippen molar-refractivity contribution in [2.45, 2.75) is 0 Å². The molecule has 1 aromatic carbocycles. The molecule has 14 heavy (non-hydrogen) atoms. The van der Waals surface area contributed by atoms with Crippen LogP contribution in [0.2, 0.25) is 0 Å². The van der Waals surface area contributed by atoms with Gasteiger partial charge in [-0.15, -0.1) is 0 Å². The highest BCUT2D eigenvalue weighted by atomic mass is 31.2. The lowest BCUT2D eigenvalue weighted by atomic mass is 10.3. The summed E-state index contributed by atoms with van der Waals surface area (Å²) < 4.78 is 13.7. The number of nitrogen functional groups attached to an aromatic ring is 1. The minimum Gasteiger partial charge on any atom is -0.439 e. The van der Waals surface area contributed by atoms with E-state index >= 15 is 0 Å². The van der Waals surface area contributed by atoms with E-state index in [-0.39, 0.29) is 0 Å². The Morgan fingerprint density at radius 3 is 2.79 bits per heavy atom. The summed E-state index contributed by atoms with van der Waals surface area (Å²) in [7, 11) is 0.617. The summed E-state index contributed by atoms with van der Waals surface area (Å²) in [4.78, 5) is 3.03. The zero-order chi connectivity index (χ0) is 9.80. The van der Waals surface area contributed by atoms with E-state index in [0.717, 1.165) is 28.5 Å². The summed E-state index contributed by atoms with van der Waals surface area (Å²) in [5.41, 5.74) is 6.28. The van der Waals surface area contributed by atoms with E-state index in [9.17, 15) is 0 Å². The van der Waals surface area contributed by atoms with Gasteiger partial charge in [-0.2, -0.15) is 13.9 Å². The second-order valence-corrected chi connectivity index (χ2v) is 5.74. The number of nitrogens with two attached hydrogens (primary N) is 1. The average Bonchev–Trinajstić information content (AvgIpc) is 2.23. The van der Waals surface area contributed by atoms with Crippen molar-refractivity contribution in [1.82, 2.24) is 4.86 Å². The Kier molecular flexibility index (Phi) is 3.39. The summed E-state index contributed by atoms with van der Waals surface area (Å²) in [6.07, 6.45) is 0. The second kappa shape index (κ2) is 4.77. The quantitative estimate of drug-likeness (QED) is 0.616. The molecule has 5 nitrogen and oxygen atoms in total. The van der Waals surface area contributed by atoms with Crippen molar-refractivity contribution in [1.29, 1.82) is 0 Å². The smallest absolute Gasteiger partial charge is 0.311 e. The number of hydrogen-bond acceptors (Lipinski definition) is 5. The molecule has 0 bridgehead atoms. The molecule has 0 fully saturated rings. The molecular formula is C6H7N4OP3. The van der Waals surface area contributed by atoms with Crippen LogP contribution in [-0.4, -0.2) is 0 Å². The van der Waals surface area contributed by atoms with E-state index in [2.05, 4.69) is 13.9 Å². The first kappa shape index (κ1) is 9.95. The summed E-state index contributed by atoms with van der Waals surface area (Å²) >= 11 is 0. The molecule has 0 aliphatic carbocycles. The molecule has 0 radical (unpaired) electrons. The Morgan fingerprint density at radius 2 is 2.14 bits per heavy atom. The standard InChI is InChI=1S/C6H7N4OP3/c7-5-1-3-6(4-2-5)11-14-9-12-8-13-10-14/h1-4H,7H2,(H,8,9,10).